The largest absolute Gasteiger partial charge is 0.357 e. The predicted molar refractivity (Wildman–Crippen MR) is 131 cm³/mol. The zero-order chi connectivity index (χ0) is 23.3. The number of rotatable bonds is 3. The van der Waals surface area contributed by atoms with Crippen LogP contribution in [0.5, 0.6) is 0 Å². The number of pyridine rings is 1. The number of aromatic nitrogens is 5. The van der Waals surface area contributed by atoms with Gasteiger partial charge >= 0.3 is 0 Å². The molecule has 3 heterocycles. The first-order valence-corrected chi connectivity index (χ1v) is 11.5. The first kappa shape index (κ1) is 21.4. The van der Waals surface area contributed by atoms with E-state index in [1.54, 1.807) is 0 Å². The third-order valence-electron chi connectivity index (χ3n) is 6.60. The quantitative estimate of drug-likeness (QED) is 0.508. The lowest BCUT2D eigenvalue weighted by Crippen LogP contribution is -2.40. The van der Waals surface area contributed by atoms with Crippen molar-refractivity contribution in [3.63, 3.8) is 0 Å². The molecule has 1 aliphatic rings. The summed E-state index contributed by atoms with van der Waals surface area (Å²) in [5.41, 5.74) is 5.71. The average molecular weight is 443 g/mol. The van der Waals surface area contributed by atoms with Gasteiger partial charge < -0.3 is 9.88 Å². The van der Waals surface area contributed by atoms with Gasteiger partial charge in [0.1, 0.15) is 6.04 Å². The molecule has 0 aliphatic carbocycles. The molecule has 4 aromatic rings. The second kappa shape index (κ2) is 7.83. The summed E-state index contributed by atoms with van der Waals surface area (Å²) in [5, 5.41) is 13.9. The van der Waals surface area contributed by atoms with E-state index in [-0.39, 0.29) is 11.1 Å². The Balaban J connectivity index is 1.80. The summed E-state index contributed by atoms with van der Waals surface area (Å²) >= 11 is 0. The Morgan fingerprint density at radius 2 is 1.82 bits per heavy atom. The number of para-hydroxylation sites is 1. The maximum Gasteiger partial charge on any atom is 0.254 e. The van der Waals surface area contributed by atoms with Gasteiger partial charge in [-0.3, -0.25) is 4.79 Å². The van der Waals surface area contributed by atoms with Crippen LogP contribution in [0.15, 0.2) is 47.3 Å². The van der Waals surface area contributed by atoms with Crippen molar-refractivity contribution in [2.45, 2.75) is 59.0 Å². The molecule has 0 saturated heterocycles. The van der Waals surface area contributed by atoms with Gasteiger partial charge in [0, 0.05) is 23.2 Å². The predicted octanol–water partition coefficient (Wildman–Crippen LogP) is 4.43. The third kappa shape index (κ3) is 3.61. The topological polar surface area (TPSA) is 79.7 Å². The minimum absolute atomic E-state index is 0.104. The SMILES string of the molecule is Cc1ccc(C)c2[nH]c(=O)c([C@@H](c3nnnn3C(C)(C)C)N3CCCc4ccccc43)cc12. The van der Waals surface area contributed by atoms with Crippen LogP contribution in [0.3, 0.4) is 0 Å². The van der Waals surface area contributed by atoms with Crippen molar-refractivity contribution in [1.82, 2.24) is 25.2 Å². The molecule has 0 fully saturated rings. The van der Waals surface area contributed by atoms with Crippen LogP contribution < -0.4 is 10.5 Å². The van der Waals surface area contributed by atoms with E-state index in [1.165, 1.54) is 5.56 Å². The van der Waals surface area contributed by atoms with Crippen LogP contribution in [0.25, 0.3) is 10.9 Å². The summed E-state index contributed by atoms with van der Waals surface area (Å²) in [6.45, 7) is 11.2. The molecule has 0 saturated carbocycles. The van der Waals surface area contributed by atoms with Crippen LogP contribution in [0.2, 0.25) is 0 Å². The number of hydrogen-bond acceptors (Lipinski definition) is 5. The number of nitrogens with zero attached hydrogens (tertiary/aromatic N) is 5. The van der Waals surface area contributed by atoms with Crippen LogP contribution in [0, 0.1) is 13.8 Å². The first-order valence-electron chi connectivity index (χ1n) is 11.5. The Labute approximate surface area is 193 Å². The van der Waals surface area contributed by atoms with Crippen molar-refractivity contribution in [2.24, 2.45) is 0 Å². The lowest BCUT2D eigenvalue weighted by atomic mass is 9.95. The fourth-order valence-electron chi connectivity index (χ4n) is 4.91. The van der Waals surface area contributed by atoms with Gasteiger partial charge in [0.25, 0.3) is 5.56 Å². The molecule has 2 aromatic heterocycles. The molecule has 1 aliphatic heterocycles. The van der Waals surface area contributed by atoms with Crippen LogP contribution in [0.4, 0.5) is 5.69 Å². The van der Waals surface area contributed by atoms with E-state index in [0.717, 1.165) is 47.1 Å². The van der Waals surface area contributed by atoms with Crippen LogP contribution in [-0.4, -0.2) is 31.7 Å². The van der Waals surface area contributed by atoms with E-state index in [1.807, 2.05) is 23.7 Å². The van der Waals surface area contributed by atoms with Crippen molar-refractivity contribution in [1.29, 1.82) is 0 Å². The zero-order valence-corrected chi connectivity index (χ0v) is 19.9. The number of fused-ring (bicyclic) bond motifs is 2. The van der Waals surface area contributed by atoms with E-state index < -0.39 is 6.04 Å². The highest BCUT2D eigenvalue weighted by Crippen LogP contribution is 2.37. The number of nitrogens with one attached hydrogen (secondary N) is 1. The van der Waals surface area contributed by atoms with Crippen molar-refractivity contribution >= 4 is 16.6 Å². The fourth-order valence-corrected chi connectivity index (χ4v) is 4.91. The zero-order valence-electron chi connectivity index (χ0n) is 19.9. The van der Waals surface area contributed by atoms with Crippen LogP contribution in [-0.2, 0) is 12.0 Å². The summed E-state index contributed by atoms with van der Waals surface area (Å²) in [4.78, 5) is 19.1. The standard InChI is InChI=1S/C26H30N6O/c1-16-12-13-17(2)22-19(16)15-20(25(33)27-22)23(24-28-29-30-32(24)26(3,4)5)31-14-8-10-18-9-6-7-11-21(18)31/h6-7,9,11-13,15,23H,8,10,14H2,1-5H3,(H,27,33)/t23-/m0/s1. The molecule has 0 amide bonds. The molecule has 0 unspecified atom stereocenters. The summed E-state index contributed by atoms with van der Waals surface area (Å²) in [7, 11) is 0. The first-order chi connectivity index (χ1) is 15.8. The highest BCUT2D eigenvalue weighted by atomic mass is 16.1. The Morgan fingerprint density at radius 3 is 2.61 bits per heavy atom. The van der Waals surface area contributed by atoms with Gasteiger partial charge in [0.05, 0.1) is 11.1 Å². The van der Waals surface area contributed by atoms with Gasteiger partial charge in [0.2, 0.25) is 0 Å². The highest BCUT2D eigenvalue weighted by molar-refractivity contribution is 5.85. The second-order valence-electron chi connectivity index (χ2n) is 9.99. The molecule has 7 nitrogen and oxygen atoms in total. The Bertz CT molecular complexity index is 1390. The lowest BCUT2D eigenvalue weighted by Gasteiger charge is -2.38. The number of hydrogen-bond donors (Lipinski definition) is 1. The molecule has 0 radical (unpaired) electrons. The smallest absolute Gasteiger partial charge is 0.254 e. The van der Waals surface area contributed by atoms with Crippen molar-refractivity contribution < 1.29 is 0 Å². The molecule has 1 atom stereocenters. The third-order valence-corrected chi connectivity index (χ3v) is 6.60. The monoisotopic (exact) mass is 442 g/mol. The number of benzene rings is 2. The Kier molecular flexibility index (Phi) is 5.07. The highest BCUT2D eigenvalue weighted by Gasteiger charge is 2.35. The molecule has 170 valence electrons. The molecule has 1 N–H and O–H groups in total. The van der Waals surface area contributed by atoms with Crippen LogP contribution in [0.1, 0.15) is 61.3 Å². The van der Waals surface area contributed by atoms with Gasteiger partial charge in [-0.05, 0) is 86.7 Å². The lowest BCUT2D eigenvalue weighted by molar-refractivity contribution is 0.329. The summed E-state index contributed by atoms with van der Waals surface area (Å²) in [5.74, 6) is 0.675. The number of aryl methyl sites for hydroxylation is 3. The molecule has 5 rings (SSSR count). The molecular formula is C26H30N6O. The second-order valence-corrected chi connectivity index (χ2v) is 9.99. The van der Waals surface area contributed by atoms with E-state index in [2.05, 4.69) is 83.4 Å². The molecular weight excluding hydrogens is 412 g/mol. The van der Waals surface area contributed by atoms with Gasteiger partial charge in [-0.25, -0.2) is 4.68 Å². The van der Waals surface area contributed by atoms with Crippen molar-refractivity contribution in [2.75, 3.05) is 11.4 Å². The summed E-state index contributed by atoms with van der Waals surface area (Å²) < 4.78 is 1.85. The van der Waals surface area contributed by atoms with Crippen molar-refractivity contribution in [3.8, 4) is 0 Å². The Morgan fingerprint density at radius 1 is 1.06 bits per heavy atom. The Hall–Kier alpha value is -3.48. The summed E-state index contributed by atoms with van der Waals surface area (Å²) in [6.07, 6.45) is 2.03. The molecule has 7 heteroatoms. The number of aromatic amines is 1. The molecule has 0 spiro atoms. The maximum absolute atomic E-state index is 13.6. The van der Waals surface area contributed by atoms with Gasteiger partial charge in [-0.15, -0.1) is 5.10 Å². The number of anilines is 1. The minimum Gasteiger partial charge on any atom is -0.357 e. The number of H-pyrrole nitrogens is 1. The van der Waals surface area contributed by atoms with Gasteiger partial charge in [-0.1, -0.05) is 30.3 Å². The number of tetrazole rings is 1. The fraction of sp³-hybridized carbons (Fsp3) is 0.385. The minimum atomic E-state index is -0.409. The normalized spacial score (nSPS) is 15.0. The maximum atomic E-state index is 13.6. The van der Waals surface area contributed by atoms with E-state index in [9.17, 15) is 4.79 Å². The van der Waals surface area contributed by atoms with Gasteiger partial charge in [0.15, 0.2) is 5.82 Å². The van der Waals surface area contributed by atoms with Gasteiger partial charge in [-0.2, -0.15) is 0 Å². The van der Waals surface area contributed by atoms with E-state index in [4.69, 9.17) is 0 Å². The summed E-state index contributed by atoms with van der Waals surface area (Å²) in [6, 6.07) is 14.2. The molecule has 2 aromatic carbocycles. The average Bonchev–Trinajstić information content (AvgIpc) is 3.28. The van der Waals surface area contributed by atoms with Crippen LogP contribution >= 0.6 is 0 Å². The van der Waals surface area contributed by atoms with E-state index in [0.29, 0.717) is 11.4 Å². The molecule has 0 bridgehead atoms. The molecule has 33 heavy (non-hydrogen) atoms. The van der Waals surface area contributed by atoms with Crippen molar-refractivity contribution in [3.05, 3.63) is 80.9 Å². The van der Waals surface area contributed by atoms with E-state index >= 15 is 0 Å².